The third-order valence-electron chi connectivity index (χ3n) is 6.10. The van der Waals surface area contributed by atoms with Crippen LogP contribution in [-0.2, 0) is 41.3 Å². The van der Waals surface area contributed by atoms with Gasteiger partial charge in [-0.25, -0.2) is 4.79 Å². The first-order valence-electron chi connectivity index (χ1n) is 12.0. The van der Waals surface area contributed by atoms with Crippen molar-refractivity contribution in [3.8, 4) is 0 Å². The number of H-pyrrole nitrogens is 1. The van der Waals surface area contributed by atoms with Crippen LogP contribution >= 0.6 is 0 Å². The Bertz CT molecular complexity index is 1050. The van der Waals surface area contributed by atoms with Crippen LogP contribution in [0.25, 0.3) is 0 Å². The van der Waals surface area contributed by atoms with Crippen LogP contribution in [0.1, 0.15) is 44.9 Å². The van der Waals surface area contributed by atoms with E-state index in [0.29, 0.717) is 39.4 Å². The van der Waals surface area contributed by atoms with E-state index in [1.165, 1.54) is 5.56 Å². The maximum atomic E-state index is 12.7. The average molecular weight is 564 g/mol. The molecule has 15 nitrogen and oxygen atoms in total. The molecule has 0 spiro atoms. The second kappa shape index (κ2) is 12.9. The van der Waals surface area contributed by atoms with Crippen LogP contribution in [0.4, 0.5) is 0 Å². The number of nitrogens with zero attached hydrogens (tertiary/aromatic N) is 4. The number of carboxylic acids is 3. The van der Waals surface area contributed by atoms with Crippen LogP contribution in [0.5, 0.6) is 0 Å². The number of hydrogen-bond donors (Lipinski definition) is 5. The van der Waals surface area contributed by atoms with E-state index >= 15 is 0 Å². The molecule has 1 aromatic heterocycles. The molecule has 0 amide bonds. The number of aliphatic hydroxyl groups is 1. The van der Waals surface area contributed by atoms with Gasteiger partial charge in [0.2, 0.25) is 0 Å². The number of aliphatic carboxylic acids is 3. The number of aromatic amines is 1. The van der Waals surface area contributed by atoms with Crippen molar-refractivity contribution in [2.75, 3.05) is 52.5 Å². The fourth-order valence-corrected chi connectivity index (χ4v) is 5.66. The second-order valence-electron chi connectivity index (χ2n) is 10.2. The molecule has 0 aliphatic carbocycles. The first-order valence-corrected chi connectivity index (χ1v) is 13.4. The van der Waals surface area contributed by atoms with Gasteiger partial charge in [0.15, 0.2) is 5.60 Å². The minimum Gasteiger partial charge on any atom is -0.481 e. The normalized spacial score (nSPS) is 18.4. The van der Waals surface area contributed by atoms with Crippen molar-refractivity contribution < 1.29 is 48.0 Å². The second-order valence-corrected chi connectivity index (χ2v) is 12.1. The van der Waals surface area contributed by atoms with E-state index in [1.807, 2.05) is 6.20 Å². The van der Waals surface area contributed by atoms with Crippen LogP contribution in [0.2, 0.25) is 0 Å². The lowest BCUT2D eigenvalue weighted by Crippen LogP contribution is -2.54. The molecule has 0 bridgehead atoms. The summed E-state index contributed by atoms with van der Waals surface area (Å²) in [5, 5.41) is 41.1. The Morgan fingerprint density at radius 1 is 0.947 bits per heavy atom. The van der Waals surface area contributed by atoms with E-state index in [0.717, 1.165) is 25.3 Å². The molecule has 38 heavy (non-hydrogen) atoms. The zero-order valence-electron chi connectivity index (χ0n) is 21.8. The molecular formula is C22H37N5O10S. The summed E-state index contributed by atoms with van der Waals surface area (Å²) < 4.78 is 33.8. The summed E-state index contributed by atoms with van der Waals surface area (Å²) in [6.45, 7) is 11.7. The van der Waals surface area contributed by atoms with E-state index < -0.39 is 46.6 Å². The monoisotopic (exact) mass is 563 g/mol. The molecule has 2 aliphatic heterocycles. The van der Waals surface area contributed by atoms with Crippen molar-refractivity contribution in [1.29, 1.82) is 0 Å². The first kappa shape index (κ1) is 31.6. The van der Waals surface area contributed by atoms with Gasteiger partial charge in [-0.2, -0.15) is 22.1 Å². The number of aromatic nitrogens is 2. The topological polar surface area (TPSA) is 214 Å². The zero-order valence-corrected chi connectivity index (χ0v) is 22.6. The minimum atomic E-state index is -3.36. The van der Waals surface area contributed by atoms with E-state index in [9.17, 15) is 22.8 Å². The molecule has 16 heteroatoms. The molecule has 3 rings (SSSR count). The van der Waals surface area contributed by atoms with Crippen LogP contribution in [0.3, 0.4) is 0 Å². The molecule has 1 aromatic rings. The summed E-state index contributed by atoms with van der Waals surface area (Å²) in [4.78, 5) is 32.8. The maximum absolute atomic E-state index is 12.7. The number of nitrogens with one attached hydrogen (secondary N) is 1. The van der Waals surface area contributed by atoms with E-state index in [-0.39, 0.29) is 5.41 Å². The first-order chi connectivity index (χ1) is 17.6. The Labute approximate surface area is 221 Å². The molecule has 2 aliphatic rings. The summed E-state index contributed by atoms with van der Waals surface area (Å²) in [7, 11) is -3.36. The number of morpholine rings is 1. The lowest BCUT2D eigenvalue weighted by atomic mass is 9.89. The number of rotatable bonds is 9. The van der Waals surface area contributed by atoms with Gasteiger partial charge in [-0.05, 0) is 0 Å². The maximum Gasteiger partial charge on any atom is 0.336 e. The lowest BCUT2D eigenvalue weighted by molar-refractivity contribution is -0.170. The molecule has 0 aromatic carbocycles. The lowest BCUT2D eigenvalue weighted by Gasteiger charge is -2.37. The van der Waals surface area contributed by atoms with Crippen molar-refractivity contribution in [2.24, 2.45) is 0 Å². The summed E-state index contributed by atoms with van der Waals surface area (Å²) in [5.74, 6) is -5.02. The highest BCUT2D eigenvalue weighted by Crippen LogP contribution is 2.25. The highest BCUT2D eigenvalue weighted by Gasteiger charge is 2.41. The zero-order chi connectivity index (χ0) is 28.7. The van der Waals surface area contributed by atoms with Gasteiger partial charge < -0.3 is 25.2 Å². The van der Waals surface area contributed by atoms with Gasteiger partial charge in [-0.1, -0.05) is 20.8 Å². The fraction of sp³-hybridized carbons (Fsp3) is 0.727. The van der Waals surface area contributed by atoms with Crippen LogP contribution in [0.15, 0.2) is 6.20 Å². The predicted octanol–water partition coefficient (Wildman–Crippen LogP) is -0.847. The molecule has 2 saturated heterocycles. The van der Waals surface area contributed by atoms with Gasteiger partial charge in [0.25, 0.3) is 10.2 Å². The Balaban J connectivity index is 0.000000332. The Morgan fingerprint density at radius 3 is 1.89 bits per heavy atom. The molecule has 216 valence electrons. The van der Waals surface area contributed by atoms with E-state index in [4.69, 9.17) is 25.2 Å². The summed E-state index contributed by atoms with van der Waals surface area (Å²) in [6.07, 6.45) is -0.402. The minimum absolute atomic E-state index is 0.0212. The number of carboxylic acid groups (broad SMARTS) is 3. The van der Waals surface area contributed by atoms with Gasteiger partial charge in [0, 0.05) is 62.5 Å². The third-order valence-corrected chi connectivity index (χ3v) is 8.14. The Kier molecular flexibility index (Phi) is 10.8. The van der Waals surface area contributed by atoms with Crippen LogP contribution in [-0.4, -0.2) is 129 Å². The predicted molar refractivity (Wildman–Crippen MR) is 133 cm³/mol. The van der Waals surface area contributed by atoms with Gasteiger partial charge >= 0.3 is 17.9 Å². The summed E-state index contributed by atoms with van der Waals surface area (Å²) in [6, 6.07) is 0. The van der Waals surface area contributed by atoms with Gasteiger partial charge in [0.05, 0.1) is 32.3 Å². The van der Waals surface area contributed by atoms with Crippen molar-refractivity contribution >= 4 is 28.1 Å². The number of hydrogen-bond acceptors (Lipinski definition) is 9. The van der Waals surface area contributed by atoms with Gasteiger partial charge in [0.1, 0.15) is 0 Å². The molecular weight excluding hydrogens is 526 g/mol. The van der Waals surface area contributed by atoms with Crippen molar-refractivity contribution in [3.05, 3.63) is 17.5 Å². The largest absolute Gasteiger partial charge is 0.481 e. The summed E-state index contributed by atoms with van der Waals surface area (Å²) >= 11 is 0. The molecule has 0 saturated carbocycles. The molecule has 3 heterocycles. The molecule has 0 unspecified atom stereocenters. The third kappa shape index (κ3) is 8.71. The number of carbonyl (C=O) groups is 3. The van der Waals surface area contributed by atoms with Crippen molar-refractivity contribution in [3.63, 3.8) is 0 Å². The fourth-order valence-electron chi connectivity index (χ4n) is 4.09. The summed E-state index contributed by atoms with van der Waals surface area (Å²) in [5.41, 5.74) is -0.377. The Morgan fingerprint density at radius 2 is 1.45 bits per heavy atom. The SMILES string of the molecule is CC(C)(C)c1[nH]ncc1CN1CCN(S(=O)(=O)N2CCOCC2)CC1.O=C(O)CC(O)(CC(=O)O)C(=O)O. The van der Waals surface area contributed by atoms with Crippen LogP contribution < -0.4 is 0 Å². The standard InChI is InChI=1S/C16H29N5O3S.C6H8O7/c1-16(2,3)15-14(12-17-18-15)13-19-4-6-20(7-5-19)25(22,23)21-8-10-24-11-9-21;7-3(8)1-6(13,5(11)12)2-4(9)10/h12H,4-11,13H2,1-3H3,(H,17,18);13H,1-2H2,(H,7,8)(H,9,10)(H,11,12). The number of ether oxygens (including phenoxy) is 1. The van der Waals surface area contributed by atoms with Crippen molar-refractivity contribution in [2.45, 2.75) is 51.2 Å². The highest BCUT2D eigenvalue weighted by molar-refractivity contribution is 7.86. The number of piperazine rings is 1. The molecule has 0 radical (unpaired) electrons. The van der Waals surface area contributed by atoms with E-state index in [2.05, 4.69) is 35.9 Å². The smallest absolute Gasteiger partial charge is 0.336 e. The van der Waals surface area contributed by atoms with Gasteiger partial charge in [-0.15, -0.1) is 0 Å². The molecule has 2 fully saturated rings. The van der Waals surface area contributed by atoms with E-state index in [1.54, 1.807) is 8.61 Å². The quantitative estimate of drug-likeness (QED) is 0.248. The molecule has 0 atom stereocenters. The molecule has 5 N–H and O–H groups in total. The van der Waals surface area contributed by atoms with Gasteiger partial charge in [-0.3, -0.25) is 19.6 Å². The highest BCUT2D eigenvalue weighted by atomic mass is 32.2. The van der Waals surface area contributed by atoms with Crippen LogP contribution in [0, 0.1) is 0 Å². The average Bonchev–Trinajstić information content (AvgIpc) is 3.28. The van der Waals surface area contributed by atoms with Crippen molar-refractivity contribution in [1.82, 2.24) is 23.7 Å². The Hall–Kier alpha value is -2.63.